The first-order valence-electron chi connectivity index (χ1n) is 9.24. The van der Waals surface area contributed by atoms with Crippen LogP contribution in [0.4, 0.5) is 4.79 Å². The first-order valence-corrected chi connectivity index (χ1v) is 9.24. The van der Waals surface area contributed by atoms with E-state index in [-0.39, 0.29) is 6.03 Å². The molecule has 1 amide bonds. The molecule has 0 bridgehead atoms. The number of nitrogens with one attached hydrogen (secondary N) is 1. The van der Waals surface area contributed by atoms with Crippen LogP contribution in [0.5, 0.6) is 0 Å². The molecule has 5 nitrogen and oxygen atoms in total. The van der Waals surface area contributed by atoms with Gasteiger partial charge in [-0.2, -0.15) is 4.68 Å². The number of unbranched alkanes of at least 4 members (excludes halogenated alkanes) is 7. The zero-order valence-electron chi connectivity index (χ0n) is 15.3. The van der Waals surface area contributed by atoms with Gasteiger partial charge in [0.15, 0.2) is 0 Å². The summed E-state index contributed by atoms with van der Waals surface area (Å²) in [5.74, 6) is 0. The van der Waals surface area contributed by atoms with E-state index in [1.54, 1.807) is 0 Å². The van der Waals surface area contributed by atoms with Crippen molar-refractivity contribution >= 4 is 17.1 Å². The van der Waals surface area contributed by atoms with Gasteiger partial charge in [-0.3, -0.25) is 0 Å². The number of hydrogen-bond acceptors (Lipinski definition) is 3. The molecular formula is C19H30N4O. The summed E-state index contributed by atoms with van der Waals surface area (Å²) in [6, 6.07) is 3.75. The maximum atomic E-state index is 12.3. The summed E-state index contributed by atoms with van der Waals surface area (Å²) in [4.78, 5) is 12.3. The van der Waals surface area contributed by atoms with E-state index in [1.165, 1.54) is 49.6 Å². The molecule has 132 valence electrons. The zero-order valence-corrected chi connectivity index (χ0v) is 15.3. The largest absolute Gasteiger partial charge is 0.344 e. The standard InChI is InChI=1S/C19H30N4O/c1-4-5-6-7-8-9-10-11-12-20-19(24)23-18-14-16(3)15(2)13-17(18)21-22-23/h13-14H,4-12H2,1-3H3,(H,20,24). The SMILES string of the molecule is CCCCCCCCCCNC(=O)n1nnc2cc(C)c(C)cc21. The summed E-state index contributed by atoms with van der Waals surface area (Å²) in [5, 5.41) is 11.0. The molecule has 2 rings (SSSR count). The van der Waals surface area contributed by atoms with Crippen molar-refractivity contribution in [3.05, 3.63) is 23.3 Å². The van der Waals surface area contributed by atoms with Crippen LogP contribution in [-0.4, -0.2) is 27.6 Å². The molecule has 5 heteroatoms. The van der Waals surface area contributed by atoms with Crippen molar-refractivity contribution in [3.8, 4) is 0 Å². The fraction of sp³-hybridized carbons (Fsp3) is 0.632. The minimum atomic E-state index is -0.191. The maximum Gasteiger partial charge on any atom is 0.344 e. The lowest BCUT2D eigenvalue weighted by Crippen LogP contribution is -2.30. The van der Waals surface area contributed by atoms with Crippen LogP contribution in [0, 0.1) is 13.8 Å². The van der Waals surface area contributed by atoms with Gasteiger partial charge in [0.25, 0.3) is 0 Å². The second kappa shape index (κ2) is 9.40. The van der Waals surface area contributed by atoms with Gasteiger partial charge in [-0.25, -0.2) is 4.79 Å². The molecule has 0 aliphatic carbocycles. The first kappa shape index (κ1) is 18.4. The molecule has 24 heavy (non-hydrogen) atoms. The van der Waals surface area contributed by atoms with Gasteiger partial charge in [0.05, 0.1) is 5.52 Å². The van der Waals surface area contributed by atoms with Crippen LogP contribution < -0.4 is 5.32 Å². The lowest BCUT2D eigenvalue weighted by Gasteiger charge is -2.06. The Labute approximate surface area is 144 Å². The van der Waals surface area contributed by atoms with Crippen molar-refractivity contribution in [2.24, 2.45) is 0 Å². The molecule has 0 saturated heterocycles. The fourth-order valence-corrected chi connectivity index (χ4v) is 2.86. The Balaban J connectivity index is 1.72. The van der Waals surface area contributed by atoms with Gasteiger partial charge < -0.3 is 5.32 Å². The Morgan fingerprint density at radius 3 is 2.33 bits per heavy atom. The van der Waals surface area contributed by atoms with Gasteiger partial charge in [-0.05, 0) is 43.5 Å². The molecule has 1 aromatic carbocycles. The number of carbonyl (C=O) groups excluding carboxylic acids is 1. The molecule has 0 atom stereocenters. The molecule has 0 fully saturated rings. The van der Waals surface area contributed by atoms with E-state index in [1.807, 2.05) is 26.0 Å². The summed E-state index contributed by atoms with van der Waals surface area (Å²) in [6.45, 7) is 7.00. The van der Waals surface area contributed by atoms with Crippen molar-refractivity contribution in [1.82, 2.24) is 20.3 Å². The Hall–Kier alpha value is -1.91. The Morgan fingerprint density at radius 1 is 1.00 bits per heavy atom. The van der Waals surface area contributed by atoms with Crippen LogP contribution in [-0.2, 0) is 0 Å². The minimum absolute atomic E-state index is 0.191. The second-order valence-electron chi connectivity index (χ2n) is 6.63. The lowest BCUT2D eigenvalue weighted by atomic mass is 10.1. The second-order valence-corrected chi connectivity index (χ2v) is 6.63. The van der Waals surface area contributed by atoms with Crippen LogP contribution in [0.3, 0.4) is 0 Å². The quantitative estimate of drug-likeness (QED) is 0.675. The summed E-state index contributed by atoms with van der Waals surface area (Å²) in [7, 11) is 0. The molecule has 0 aliphatic rings. The van der Waals surface area contributed by atoms with E-state index in [2.05, 4.69) is 22.6 Å². The van der Waals surface area contributed by atoms with Crippen LogP contribution >= 0.6 is 0 Å². The van der Waals surface area contributed by atoms with E-state index in [0.29, 0.717) is 6.54 Å². The fourth-order valence-electron chi connectivity index (χ4n) is 2.86. The molecule has 0 saturated carbocycles. The number of rotatable bonds is 9. The maximum absolute atomic E-state index is 12.3. The average Bonchev–Trinajstić information content (AvgIpc) is 2.96. The number of fused-ring (bicyclic) bond motifs is 1. The summed E-state index contributed by atoms with van der Waals surface area (Å²) >= 11 is 0. The van der Waals surface area contributed by atoms with Crippen molar-refractivity contribution in [2.45, 2.75) is 72.1 Å². The molecular weight excluding hydrogens is 300 g/mol. The highest BCUT2D eigenvalue weighted by molar-refractivity contribution is 5.88. The Kier molecular flexibility index (Phi) is 7.22. The van der Waals surface area contributed by atoms with Crippen molar-refractivity contribution in [3.63, 3.8) is 0 Å². The summed E-state index contributed by atoms with van der Waals surface area (Å²) < 4.78 is 1.37. The first-order chi connectivity index (χ1) is 11.6. The van der Waals surface area contributed by atoms with E-state index >= 15 is 0 Å². The minimum Gasteiger partial charge on any atom is -0.336 e. The molecule has 1 N–H and O–H groups in total. The lowest BCUT2D eigenvalue weighted by molar-refractivity contribution is 0.239. The van der Waals surface area contributed by atoms with Crippen LogP contribution in [0.2, 0.25) is 0 Å². The highest BCUT2D eigenvalue weighted by Crippen LogP contribution is 2.16. The van der Waals surface area contributed by atoms with E-state index < -0.39 is 0 Å². The van der Waals surface area contributed by atoms with Crippen LogP contribution in [0.25, 0.3) is 11.0 Å². The summed E-state index contributed by atoms with van der Waals surface area (Å²) in [5.41, 5.74) is 3.84. The van der Waals surface area contributed by atoms with Crippen molar-refractivity contribution in [2.75, 3.05) is 6.54 Å². The van der Waals surface area contributed by atoms with Crippen molar-refractivity contribution < 1.29 is 4.79 Å². The molecule has 0 aliphatic heterocycles. The van der Waals surface area contributed by atoms with E-state index in [9.17, 15) is 4.79 Å². The highest BCUT2D eigenvalue weighted by atomic mass is 16.2. The predicted molar refractivity (Wildman–Crippen MR) is 98.4 cm³/mol. The Bertz CT molecular complexity index is 663. The molecule has 1 aromatic heterocycles. The molecule has 2 aromatic rings. The number of aromatic nitrogens is 3. The number of amides is 1. The zero-order chi connectivity index (χ0) is 17.4. The van der Waals surface area contributed by atoms with E-state index in [4.69, 9.17) is 0 Å². The van der Waals surface area contributed by atoms with Gasteiger partial charge in [-0.15, -0.1) is 5.10 Å². The third kappa shape index (κ3) is 5.05. The topological polar surface area (TPSA) is 59.8 Å². The third-order valence-corrected chi connectivity index (χ3v) is 4.56. The molecule has 1 heterocycles. The smallest absolute Gasteiger partial charge is 0.336 e. The number of nitrogens with zero attached hydrogens (tertiary/aromatic N) is 3. The Morgan fingerprint density at radius 2 is 1.62 bits per heavy atom. The number of benzene rings is 1. The van der Waals surface area contributed by atoms with Gasteiger partial charge in [0, 0.05) is 6.54 Å². The highest BCUT2D eigenvalue weighted by Gasteiger charge is 2.12. The van der Waals surface area contributed by atoms with Crippen LogP contribution in [0.15, 0.2) is 12.1 Å². The third-order valence-electron chi connectivity index (χ3n) is 4.56. The van der Waals surface area contributed by atoms with Gasteiger partial charge in [0.2, 0.25) is 0 Å². The van der Waals surface area contributed by atoms with Crippen molar-refractivity contribution in [1.29, 1.82) is 0 Å². The monoisotopic (exact) mass is 330 g/mol. The number of hydrogen-bond donors (Lipinski definition) is 1. The predicted octanol–water partition coefficient (Wildman–Crippen LogP) is 4.75. The number of aryl methyl sites for hydroxylation is 2. The average molecular weight is 330 g/mol. The van der Waals surface area contributed by atoms with E-state index in [0.717, 1.165) is 28.6 Å². The molecule has 0 spiro atoms. The normalized spacial score (nSPS) is 11.1. The summed E-state index contributed by atoms with van der Waals surface area (Å²) in [6.07, 6.45) is 10.1. The van der Waals surface area contributed by atoms with Gasteiger partial charge in [0.1, 0.15) is 5.52 Å². The number of carbonyl (C=O) groups is 1. The molecule has 0 radical (unpaired) electrons. The van der Waals surface area contributed by atoms with Gasteiger partial charge >= 0.3 is 6.03 Å². The van der Waals surface area contributed by atoms with Gasteiger partial charge in [-0.1, -0.05) is 57.1 Å². The molecule has 0 unspecified atom stereocenters. The van der Waals surface area contributed by atoms with Crippen LogP contribution in [0.1, 0.15) is 69.4 Å².